The zero-order valence-corrected chi connectivity index (χ0v) is 10.4. The van der Waals surface area contributed by atoms with Crippen LogP contribution in [0.5, 0.6) is 5.75 Å². The van der Waals surface area contributed by atoms with E-state index < -0.39 is 17.7 Å². The summed E-state index contributed by atoms with van der Waals surface area (Å²) >= 11 is 0. The van der Waals surface area contributed by atoms with Gasteiger partial charge in [-0.15, -0.1) is 0 Å². The standard InChI is InChI=1S/C12H13N3O5/c16-9-6-15(5-4-13-9)12(20)14-8-3-1-2-7(10(8)17)11(18)19/h1-3,17H,4-6H2,(H,13,16)(H,14,20)(H,18,19). The van der Waals surface area contributed by atoms with Crippen molar-refractivity contribution in [1.82, 2.24) is 10.2 Å². The number of hydrogen-bond donors (Lipinski definition) is 4. The third-order valence-corrected chi connectivity index (χ3v) is 2.83. The van der Waals surface area contributed by atoms with Crippen LogP contribution >= 0.6 is 0 Å². The second-order valence-electron chi connectivity index (χ2n) is 4.21. The SMILES string of the molecule is O=C1CN(C(=O)Nc2cccc(C(=O)O)c2O)CCN1. The van der Waals surface area contributed by atoms with Crippen LogP contribution in [0.1, 0.15) is 10.4 Å². The number of nitrogens with one attached hydrogen (secondary N) is 2. The number of nitrogens with zero attached hydrogens (tertiary/aromatic N) is 1. The summed E-state index contributed by atoms with van der Waals surface area (Å²) in [4.78, 5) is 35.2. The summed E-state index contributed by atoms with van der Waals surface area (Å²) in [5, 5.41) is 23.6. The van der Waals surface area contributed by atoms with Crippen LogP contribution < -0.4 is 10.6 Å². The Balaban J connectivity index is 2.13. The first-order valence-corrected chi connectivity index (χ1v) is 5.87. The number of carboxylic acid groups (broad SMARTS) is 1. The van der Waals surface area contributed by atoms with Crippen LogP contribution in [-0.4, -0.2) is 52.7 Å². The quantitative estimate of drug-likeness (QED) is 0.570. The summed E-state index contributed by atoms with van der Waals surface area (Å²) < 4.78 is 0. The monoisotopic (exact) mass is 279 g/mol. The zero-order chi connectivity index (χ0) is 14.7. The molecule has 20 heavy (non-hydrogen) atoms. The van der Waals surface area contributed by atoms with Gasteiger partial charge in [0, 0.05) is 13.1 Å². The van der Waals surface area contributed by atoms with Gasteiger partial charge in [-0.3, -0.25) is 4.79 Å². The summed E-state index contributed by atoms with van der Waals surface area (Å²) in [7, 11) is 0. The van der Waals surface area contributed by atoms with Gasteiger partial charge in [0.05, 0.1) is 5.69 Å². The van der Waals surface area contributed by atoms with Gasteiger partial charge in [-0.25, -0.2) is 9.59 Å². The molecule has 0 atom stereocenters. The summed E-state index contributed by atoms with van der Waals surface area (Å²) in [6.07, 6.45) is 0. The zero-order valence-electron chi connectivity index (χ0n) is 10.4. The second kappa shape index (κ2) is 5.47. The topological polar surface area (TPSA) is 119 Å². The number of aromatic hydroxyl groups is 1. The molecule has 0 radical (unpaired) electrons. The van der Waals surface area contributed by atoms with Gasteiger partial charge in [-0.1, -0.05) is 6.07 Å². The lowest BCUT2D eigenvalue weighted by atomic mass is 10.1. The molecule has 0 saturated carbocycles. The number of rotatable bonds is 2. The maximum absolute atomic E-state index is 11.9. The molecular weight excluding hydrogens is 266 g/mol. The molecule has 8 heteroatoms. The maximum atomic E-state index is 11.9. The minimum absolute atomic E-state index is 0.0131. The number of aromatic carboxylic acids is 1. The predicted molar refractivity (Wildman–Crippen MR) is 68.7 cm³/mol. The van der Waals surface area contributed by atoms with E-state index in [1.807, 2.05) is 0 Å². The Labute approximate surface area is 114 Å². The predicted octanol–water partition coefficient (Wildman–Crippen LogP) is 0.0541. The fourth-order valence-electron chi connectivity index (χ4n) is 1.82. The third-order valence-electron chi connectivity index (χ3n) is 2.83. The Morgan fingerprint density at radius 1 is 1.35 bits per heavy atom. The summed E-state index contributed by atoms with van der Waals surface area (Å²) in [6.45, 7) is 0.621. The van der Waals surface area contributed by atoms with E-state index in [-0.39, 0.29) is 23.7 Å². The van der Waals surface area contributed by atoms with E-state index in [2.05, 4.69) is 10.6 Å². The van der Waals surface area contributed by atoms with Gasteiger partial charge in [0.1, 0.15) is 12.1 Å². The normalized spacial score (nSPS) is 14.6. The molecule has 1 aliphatic rings. The van der Waals surface area contributed by atoms with Gasteiger partial charge < -0.3 is 25.7 Å². The number of carboxylic acids is 1. The molecule has 4 N–H and O–H groups in total. The molecule has 1 saturated heterocycles. The Kier molecular flexibility index (Phi) is 3.74. The van der Waals surface area contributed by atoms with Crippen LogP contribution in [-0.2, 0) is 4.79 Å². The van der Waals surface area contributed by atoms with Crippen LogP contribution in [0.2, 0.25) is 0 Å². The molecule has 0 aliphatic carbocycles. The molecule has 2 rings (SSSR count). The highest BCUT2D eigenvalue weighted by molar-refractivity contribution is 5.98. The fourth-order valence-corrected chi connectivity index (χ4v) is 1.82. The number of carbonyl (C=O) groups is 3. The van der Waals surface area contributed by atoms with Gasteiger partial charge in [0.15, 0.2) is 5.75 Å². The van der Waals surface area contributed by atoms with Gasteiger partial charge in [-0.05, 0) is 12.1 Å². The van der Waals surface area contributed by atoms with Gasteiger partial charge in [-0.2, -0.15) is 0 Å². The highest BCUT2D eigenvalue weighted by atomic mass is 16.4. The van der Waals surface area contributed by atoms with E-state index in [0.29, 0.717) is 13.1 Å². The van der Waals surface area contributed by atoms with E-state index in [0.717, 1.165) is 0 Å². The van der Waals surface area contributed by atoms with E-state index in [1.54, 1.807) is 0 Å². The largest absolute Gasteiger partial charge is 0.505 e. The van der Waals surface area contributed by atoms with E-state index in [9.17, 15) is 19.5 Å². The van der Waals surface area contributed by atoms with Crippen molar-refractivity contribution in [2.24, 2.45) is 0 Å². The molecule has 1 fully saturated rings. The Morgan fingerprint density at radius 3 is 2.75 bits per heavy atom. The molecule has 106 valence electrons. The van der Waals surface area contributed by atoms with E-state index in [1.165, 1.54) is 23.1 Å². The number of para-hydroxylation sites is 1. The van der Waals surface area contributed by atoms with Crippen molar-refractivity contribution in [2.75, 3.05) is 25.0 Å². The first-order chi connectivity index (χ1) is 9.49. The highest BCUT2D eigenvalue weighted by Gasteiger charge is 2.22. The van der Waals surface area contributed by atoms with Crippen LogP contribution in [0, 0.1) is 0 Å². The molecular formula is C12H13N3O5. The number of urea groups is 1. The average Bonchev–Trinajstić information content (AvgIpc) is 2.40. The van der Waals surface area contributed by atoms with Crippen molar-refractivity contribution in [3.05, 3.63) is 23.8 Å². The second-order valence-corrected chi connectivity index (χ2v) is 4.21. The number of carbonyl (C=O) groups excluding carboxylic acids is 2. The van der Waals surface area contributed by atoms with Crippen LogP contribution in [0.25, 0.3) is 0 Å². The van der Waals surface area contributed by atoms with Crippen molar-refractivity contribution >= 4 is 23.6 Å². The minimum atomic E-state index is -1.30. The smallest absolute Gasteiger partial charge is 0.339 e. The van der Waals surface area contributed by atoms with Gasteiger partial charge >= 0.3 is 12.0 Å². The van der Waals surface area contributed by atoms with E-state index >= 15 is 0 Å². The molecule has 1 aromatic carbocycles. The lowest BCUT2D eigenvalue weighted by Gasteiger charge is -2.26. The molecule has 8 nitrogen and oxygen atoms in total. The fraction of sp³-hybridized carbons (Fsp3) is 0.250. The molecule has 1 aliphatic heterocycles. The molecule has 0 spiro atoms. The summed E-state index contributed by atoms with van der Waals surface area (Å²) in [6, 6.07) is 3.44. The van der Waals surface area contributed by atoms with Crippen molar-refractivity contribution < 1.29 is 24.6 Å². The van der Waals surface area contributed by atoms with Gasteiger partial charge in [0.25, 0.3) is 0 Å². The van der Waals surface area contributed by atoms with Crippen molar-refractivity contribution in [3.8, 4) is 5.75 Å². The Hall–Kier alpha value is -2.77. The first-order valence-electron chi connectivity index (χ1n) is 5.87. The van der Waals surface area contributed by atoms with Crippen LogP contribution in [0.15, 0.2) is 18.2 Å². The number of anilines is 1. The molecule has 1 aromatic rings. The first kappa shape index (κ1) is 13.7. The van der Waals surface area contributed by atoms with Gasteiger partial charge in [0.2, 0.25) is 5.91 Å². The Morgan fingerprint density at radius 2 is 2.10 bits per heavy atom. The number of hydrogen-bond acceptors (Lipinski definition) is 4. The number of benzene rings is 1. The molecule has 1 heterocycles. The maximum Gasteiger partial charge on any atom is 0.339 e. The van der Waals surface area contributed by atoms with Crippen LogP contribution in [0.3, 0.4) is 0 Å². The lowest BCUT2D eigenvalue weighted by Crippen LogP contribution is -2.51. The van der Waals surface area contributed by atoms with Crippen molar-refractivity contribution in [1.29, 1.82) is 0 Å². The highest BCUT2D eigenvalue weighted by Crippen LogP contribution is 2.27. The summed E-state index contributed by atoms with van der Waals surface area (Å²) in [5.41, 5.74) is -0.319. The number of piperazine rings is 1. The molecule has 0 unspecified atom stereocenters. The van der Waals surface area contributed by atoms with Crippen LogP contribution in [0.4, 0.5) is 10.5 Å². The number of phenols is 1. The minimum Gasteiger partial charge on any atom is -0.505 e. The lowest BCUT2D eigenvalue weighted by molar-refractivity contribution is -0.123. The van der Waals surface area contributed by atoms with E-state index in [4.69, 9.17) is 5.11 Å². The third kappa shape index (κ3) is 2.79. The van der Waals surface area contributed by atoms with Crippen molar-refractivity contribution in [2.45, 2.75) is 0 Å². The summed E-state index contributed by atoms with van der Waals surface area (Å²) in [5.74, 6) is -2.08. The van der Waals surface area contributed by atoms with Crippen molar-refractivity contribution in [3.63, 3.8) is 0 Å². The molecule has 0 bridgehead atoms. The number of amides is 3. The Bertz CT molecular complexity index is 572. The molecule has 0 aromatic heterocycles. The average molecular weight is 279 g/mol. The molecule has 3 amide bonds.